The van der Waals surface area contributed by atoms with Crippen molar-refractivity contribution in [2.45, 2.75) is 32.1 Å². The van der Waals surface area contributed by atoms with Crippen molar-refractivity contribution >= 4 is 23.6 Å². The molecular formula is C20H23F2N3O4. The second-order valence-corrected chi connectivity index (χ2v) is 7.27. The lowest BCUT2D eigenvalue weighted by molar-refractivity contribution is -0.138. The second-order valence-electron chi connectivity index (χ2n) is 7.27. The maximum Gasteiger partial charge on any atom is 0.256 e. The highest BCUT2D eigenvalue weighted by molar-refractivity contribution is 6.01. The van der Waals surface area contributed by atoms with Gasteiger partial charge in [0.15, 0.2) is 0 Å². The van der Waals surface area contributed by atoms with Gasteiger partial charge in [-0.25, -0.2) is 8.78 Å². The quantitative estimate of drug-likeness (QED) is 0.572. The van der Waals surface area contributed by atoms with Crippen molar-refractivity contribution in [2.75, 3.05) is 26.2 Å². The van der Waals surface area contributed by atoms with Crippen LogP contribution in [0.4, 0.5) is 8.78 Å². The van der Waals surface area contributed by atoms with Crippen molar-refractivity contribution in [3.63, 3.8) is 0 Å². The van der Waals surface area contributed by atoms with Crippen LogP contribution in [0.5, 0.6) is 0 Å². The van der Waals surface area contributed by atoms with Gasteiger partial charge in [0.2, 0.25) is 17.7 Å². The van der Waals surface area contributed by atoms with E-state index in [1.165, 1.54) is 9.80 Å². The lowest BCUT2D eigenvalue weighted by Gasteiger charge is -2.31. The number of benzene rings is 1. The van der Waals surface area contributed by atoms with Crippen molar-refractivity contribution in [1.82, 2.24) is 15.1 Å². The molecule has 0 atom stereocenters. The number of hydrogen-bond acceptors (Lipinski definition) is 4. The van der Waals surface area contributed by atoms with Crippen LogP contribution < -0.4 is 5.32 Å². The van der Waals surface area contributed by atoms with Crippen LogP contribution in [-0.4, -0.2) is 59.6 Å². The van der Waals surface area contributed by atoms with Crippen LogP contribution in [-0.2, 0) is 14.4 Å². The molecule has 0 spiro atoms. The molecule has 2 aliphatic heterocycles. The molecule has 0 aliphatic carbocycles. The van der Waals surface area contributed by atoms with Gasteiger partial charge in [-0.3, -0.25) is 24.1 Å². The molecule has 156 valence electrons. The van der Waals surface area contributed by atoms with Crippen LogP contribution in [0.2, 0.25) is 0 Å². The number of halogens is 2. The van der Waals surface area contributed by atoms with Crippen LogP contribution in [0.3, 0.4) is 0 Å². The SMILES string of the molecule is O=C(NCCCN1C(=O)CCC1=O)C1CCN(C(=O)c2ccc(F)cc2F)CC1. The molecule has 0 aromatic heterocycles. The Morgan fingerprint density at radius 2 is 1.72 bits per heavy atom. The molecule has 0 radical (unpaired) electrons. The van der Waals surface area contributed by atoms with Gasteiger partial charge in [0, 0.05) is 51.0 Å². The van der Waals surface area contributed by atoms with E-state index in [1.54, 1.807) is 0 Å². The molecule has 0 bridgehead atoms. The smallest absolute Gasteiger partial charge is 0.256 e. The third kappa shape index (κ3) is 4.96. The number of piperidine rings is 1. The molecular weight excluding hydrogens is 384 g/mol. The third-order valence-electron chi connectivity index (χ3n) is 5.33. The molecule has 2 aliphatic rings. The van der Waals surface area contributed by atoms with E-state index in [4.69, 9.17) is 0 Å². The number of carbonyl (C=O) groups is 4. The first kappa shape index (κ1) is 20.9. The maximum atomic E-state index is 13.8. The standard InChI is InChI=1S/C20H23F2N3O4/c21-14-2-3-15(16(22)12-14)20(29)24-10-6-13(7-11-24)19(28)23-8-1-9-25-17(26)4-5-18(25)27/h2-3,12-13H,1,4-11H2,(H,23,28). The topological polar surface area (TPSA) is 86.8 Å². The van der Waals surface area contributed by atoms with Gasteiger partial charge in [0.25, 0.3) is 5.91 Å². The Kier molecular flexibility index (Phi) is 6.56. The zero-order chi connectivity index (χ0) is 21.0. The normalized spacial score (nSPS) is 17.7. The summed E-state index contributed by atoms with van der Waals surface area (Å²) < 4.78 is 26.8. The molecule has 0 unspecified atom stereocenters. The molecule has 2 heterocycles. The largest absolute Gasteiger partial charge is 0.356 e. The van der Waals surface area contributed by atoms with Gasteiger partial charge in [-0.2, -0.15) is 0 Å². The van der Waals surface area contributed by atoms with Crippen LogP contribution in [0, 0.1) is 17.6 Å². The predicted octanol–water partition coefficient (Wildman–Crippen LogP) is 1.47. The molecule has 7 nitrogen and oxygen atoms in total. The first-order valence-corrected chi connectivity index (χ1v) is 9.72. The highest BCUT2D eigenvalue weighted by Crippen LogP contribution is 2.21. The molecule has 29 heavy (non-hydrogen) atoms. The fraction of sp³-hybridized carbons (Fsp3) is 0.500. The van der Waals surface area contributed by atoms with Crippen molar-refractivity contribution in [2.24, 2.45) is 5.92 Å². The molecule has 0 saturated carbocycles. The molecule has 3 rings (SSSR count). The highest BCUT2D eigenvalue weighted by Gasteiger charge is 2.30. The summed E-state index contributed by atoms with van der Waals surface area (Å²) in [4.78, 5) is 50.4. The van der Waals surface area contributed by atoms with E-state index in [2.05, 4.69) is 5.32 Å². The maximum absolute atomic E-state index is 13.8. The molecule has 2 fully saturated rings. The number of imide groups is 1. The Morgan fingerprint density at radius 1 is 1.07 bits per heavy atom. The Labute approximate surface area is 167 Å². The summed E-state index contributed by atoms with van der Waals surface area (Å²) in [6.45, 7) is 1.28. The number of amides is 4. The van der Waals surface area contributed by atoms with Gasteiger partial charge in [-0.05, 0) is 31.4 Å². The predicted molar refractivity (Wildman–Crippen MR) is 98.6 cm³/mol. The molecule has 4 amide bonds. The van der Waals surface area contributed by atoms with E-state index < -0.39 is 17.5 Å². The summed E-state index contributed by atoms with van der Waals surface area (Å²) in [6, 6.07) is 2.85. The van der Waals surface area contributed by atoms with E-state index >= 15 is 0 Å². The van der Waals surface area contributed by atoms with E-state index in [0.29, 0.717) is 51.5 Å². The molecule has 9 heteroatoms. The van der Waals surface area contributed by atoms with Gasteiger partial charge in [0.1, 0.15) is 11.6 Å². The Bertz CT molecular complexity index is 806. The summed E-state index contributed by atoms with van der Waals surface area (Å²) in [5.41, 5.74) is -0.180. The lowest BCUT2D eigenvalue weighted by atomic mass is 9.95. The van der Waals surface area contributed by atoms with Crippen LogP contribution >= 0.6 is 0 Å². The van der Waals surface area contributed by atoms with E-state index in [0.717, 1.165) is 12.1 Å². The van der Waals surface area contributed by atoms with Gasteiger partial charge < -0.3 is 10.2 Å². The van der Waals surface area contributed by atoms with E-state index in [1.807, 2.05) is 0 Å². The average Bonchev–Trinajstić information content (AvgIpc) is 3.02. The summed E-state index contributed by atoms with van der Waals surface area (Å²) in [6.07, 6.45) is 1.89. The van der Waals surface area contributed by atoms with Crippen LogP contribution in [0.25, 0.3) is 0 Å². The third-order valence-corrected chi connectivity index (χ3v) is 5.33. The fourth-order valence-corrected chi connectivity index (χ4v) is 3.64. The molecule has 1 aromatic rings. The number of hydrogen-bond donors (Lipinski definition) is 1. The van der Waals surface area contributed by atoms with Gasteiger partial charge in [-0.15, -0.1) is 0 Å². The number of nitrogens with one attached hydrogen (secondary N) is 1. The fourth-order valence-electron chi connectivity index (χ4n) is 3.64. The van der Waals surface area contributed by atoms with Gasteiger partial charge >= 0.3 is 0 Å². The minimum atomic E-state index is -0.898. The van der Waals surface area contributed by atoms with E-state index in [-0.39, 0.29) is 42.0 Å². The minimum Gasteiger partial charge on any atom is -0.356 e. The number of carbonyl (C=O) groups excluding carboxylic acids is 4. The van der Waals surface area contributed by atoms with Crippen LogP contribution in [0.1, 0.15) is 42.5 Å². The molecule has 1 N–H and O–H groups in total. The summed E-state index contributed by atoms with van der Waals surface area (Å²) in [7, 11) is 0. The average molecular weight is 407 g/mol. The van der Waals surface area contributed by atoms with Crippen molar-refractivity contribution in [3.8, 4) is 0 Å². The summed E-state index contributed by atoms with van der Waals surface area (Å²) in [5, 5.41) is 2.80. The Balaban J connectivity index is 1.40. The lowest BCUT2D eigenvalue weighted by Crippen LogP contribution is -2.43. The number of rotatable bonds is 6. The molecule has 1 aromatic carbocycles. The number of likely N-dealkylation sites (tertiary alicyclic amines) is 2. The second kappa shape index (κ2) is 9.11. The first-order valence-electron chi connectivity index (χ1n) is 9.72. The Hall–Kier alpha value is -2.84. The monoisotopic (exact) mass is 407 g/mol. The van der Waals surface area contributed by atoms with Gasteiger partial charge in [0.05, 0.1) is 5.56 Å². The summed E-state index contributed by atoms with van der Waals surface area (Å²) >= 11 is 0. The van der Waals surface area contributed by atoms with Crippen molar-refractivity contribution in [3.05, 3.63) is 35.4 Å². The molecule has 2 saturated heterocycles. The summed E-state index contributed by atoms with van der Waals surface area (Å²) in [5.74, 6) is -2.89. The zero-order valence-electron chi connectivity index (χ0n) is 16.0. The van der Waals surface area contributed by atoms with Crippen molar-refractivity contribution in [1.29, 1.82) is 0 Å². The van der Waals surface area contributed by atoms with Gasteiger partial charge in [-0.1, -0.05) is 0 Å². The van der Waals surface area contributed by atoms with Crippen molar-refractivity contribution < 1.29 is 28.0 Å². The number of nitrogens with zero attached hydrogens (tertiary/aromatic N) is 2. The Morgan fingerprint density at radius 3 is 2.34 bits per heavy atom. The minimum absolute atomic E-state index is 0.135. The van der Waals surface area contributed by atoms with E-state index in [9.17, 15) is 28.0 Å². The van der Waals surface area contributed by atoms with Crippen LogP contribution in [0.15, 0.2) is 18.2 Å². The highest BCUT2D eigenvalue weighted by atomic mass is 19.1. The zero-order valence-corrected chi connectivity index (χ0v) is 16.0. The first-order chi connectivity index (χ1) is 13.9.